The fraction of sp³-hybridized carbons (Fsp3) is 0.238. The first kappa shape index (κ1) is 25.2. The molecule has 0 fully saturated rings. The maximum atomic E-state index is 14.4. The summed E-state index contributed by atoms with van der Waals surface area (Å²) in [6.45, 7) is 1.38. The number of aliphatic carboxylic acids is 1. The van der Waals surface area contributed by atoms with E-state index in [1.807, 2.05) is 0 Å². The summed E-state index contributed by atoms with van der Waals surface area (Å²) in [6, 6.07) is 5.96. The molecule has 0 saturated carbocycles. The molecule has 0 aliphatic carbocycles. The summed E-state index contributed by atoms with van der Waals surface area (Å²) >= 11 is 0. The third-order valence-corrected chi connectivity index (χ3v) is 5.97. The van der Waals surface area contributed by atoms with E-state index in [9.17, 15) is 35.9 Å². The average Bonchev–Trinajstić information content (AvgIpc) is 3.14. The third kappa shape index (κ3) is 4.75. The van der Waals surface area contributed by atoms with Gasteiger partial charge in [0, 0.05) is 11.1 Å². The van der Waals surface area contributed by atoms with Gasteiger partial charge in [-0.25, -0.2) is 27.4 Å². The number of rotatable bonds is 7. The number of primary sulfonamides is 1. The molecule has 0 radical (unpaired) electrons. The Hall–Kier alpha value is -3.45. The van der Waals surface area contributed by atoms with Crippen molar-refractivity contribution in [3.63, 3.8) is 0 Å². The van der Waals surface area contributed by atoms with Crippen molar-refractivity contribution in [2.24, 2.45) is 5.14 Å². The minimum absolute atomic E-state index is 0.0307. The van der Waals surface area contributed by atoms with E-state index in [4.69, 9.17) is 9.88 Å². The second kappa shape index (κ2) is 9.06. The van der Waals surface area contributed by atoms with E-state index in [1.54, 1.807) is 0 Å². The monoisotopic (exact) mass is 501 g/mol. The van der Waals surface area contributed by atoms with Crippen LogP contribution in [0.5, 0.6) is 5.75 Å². The number of carboxylic acid groups (broad SMARTS) is 1. The largest absolute Gasteiger partial charge is 0.494 e. The van der Waals surface area contributed by atoms with Gasteiger partial charge in [0.2, 0.25) is 10.0 Å². The lowest BCUT2D eigenvalue weighted by atomic mass is 9.98. The molecule has 1 aromatic heterocycles. The molecule has 0 saturated heterocycles. The third-order valence-electron chi connectivity index (χ3n) is 5.04. The van der Waals surface area contributed by atoms with Crippen molar-refractivity contribution in [1.82, 2.24) is 9.78 Å². The number of halogens is 4. The smallest absolute Gasteiger partial charge is 0.433 e. The van der Waals surface area contributed by atoms with Crippen LogP contribution in [0.1, 0.15) is 25.1 Å². The molecule has 34 heavy (non-hydrogen) atoms. The zero-order chi connectivity index (χ0) is 25.4. The van der Waals surface area contributed by atoms with E-state index < -0.39 is 45.3 Å². The maximum absolute atomic E-state index is 14.4. The molecule has 182 valence electrons. The van der Waals surface area contributed by atoms with Gasteiger partial charge in [-0.1, -0.05) is 25.1 Å². The van der Waals surface area contributed by atoms with Crippen molar-refractivity contribution in [1.29, 1.82) is 0 Å². The van der Waals surface area contributed by atoms with E-state index in [0.717, 1.165) is 24.3 Å². The molecule has 0 spiro atoms. The van der Waals surface area contributed by atoms with Crippen molar-refractivity contribution < 1.29 is 40.6 Å². The van der Waals surface area contributed by atoms with Gasteiger partial charge in [-0.2, -0.15) is 18.3 Å². The Labute approximate surface area is 191 Å². The molecule has 0 amide bonds. The van der Waals surface area contributed by atoms with E-state index in [2.05, 4.69) is 5.10 Å². The number of sulfonamides is 1. The Morgan fingerprint density at radius 3 is 2.21 bits per heavy atom. The number of aromatic nitrogens is 2. The molecule has 0 aliphatic heterocycles. The number of hydrogen-bond donors (Lipinski definition) is 2. The summed E-state index contributed by atoms with van der Waals surface area (Å²) in [4.78, 5) is 11.4. The molecule has 13 heteroatoms. The van der Waals surface area contributed by atoms with Crippen LogP contribution in [0.2, 0.25) is 0 Å². The van der Waals surface area contributed by atoms with Crippen LogP contribution in [0.15, 0.2) is 47.4 Å². The maximum Gasteiger partial charge on any atom is 0.433 e. The first-order valence-corrected chi connectivity index (χ1v) is 11.2. The lowest BCUT2D eigenvalue weighted by Crippen LogP contribution is -2.25. The van der Waals surface area contributed by atoms with Crippen LogP contribution in [0, 0.1) is 5.82 Å². The molecule has 0 bridgehead atoms. The molecule has 1 atom stereocenters. The molecule has 1 unspecified atom stereocenters. The van der Waals surface area contributed by atoms with Crippen molar-refractivity contribution in [3.05, 3.63) is 54.0 Å². The highest BCUT2D eigenvalue weighted by atomic mass is 32.2. The number of benzene rings is 2. The quantitative estimate of drug-likeness (QED) is 0.471. The van der Waals surface area contributed by atoms with Crippen molar-refractivity contribution in [2.45, 2.75) is 30.5 Å². The van der Waals surface area contributed by atoms with Crippen LogP contribution >= 0.6 is 0 Å². The summed E-state index contributed by atoms with van der Waals surface area (Å²) < 4.78 is 85.6. The highest BCUT2D eigenvalue weighted by molar-refractivity contribution is 7.89. The molecular weight excluding hydrogens is 482 g/mol. The first-order valence-electron chi connectivity index (χ1n) is 9.69. The molecule has 1 heterocycles. The Bertz CT molecular complexity index is 1340. The zero-order valence-electron chi connectivity index (χ0n) is 17.8. The van der Waals surface area contributed by atoms with Crippen LogP contribution in [-0.2, 0) is 21.0 Å². The molecule has 2 aromatic carbocycles. The van der Waals surface area contributed by atoms with Crippen LogP contribution in [0.3, 0.4) is 0 Å². The standard InChI is InChI=1S/C21H19F4N3O5S/c1-3-15(20(29)30)28-19(21(23,24)25)17(12-6-9-16(33-2)14(22)10-12)18(27-28)11-4-7-13(8-5-11)34(26,31)32/h4-10,15H,3H2,1-2H3,(H,29,30)(H2,26,31,32). The van der Waals surface area contributed by atoms with Crippen LogP contribution in [0.4, 0.5) is 17.6 Å². The first-order chi connectivity index (χ1) is 15.8. The normalized spacial score (nSPS) is 13.0. The topological polar surface area (TPSA) is 125 Å². The average molecular weight is 501 g/mol. The van der Waals surface area contributed by atoms with E-state index in [1.165, 1.54) is 32.2 Å². The fourth-order valence-corrected chi connectivity index (χ4v) is 4.00. The summed E-state index contributed by atoms with van der Waals surface area (Å²) in [6.07, 6.45) is -5.29. The van der Waals surface area contributed by atoms with E-state index in [0.29, 0.717) is 4.68 Å². The van der Waals surface area contributed by atoms with Gasteiger partial charge in [0.05, 0.1) is 12.0 Å². The number of methoxy groups -OCH3 is 1. The lowest BCUT2D eigenvalue weighted by Gasteiger charge is -2.17. The number of carboxylic acids is 1. The fourth-order valence-electron chi connectivity index (χ4n) is 3.48. The van der Waals surface area contributed by atoms with Gasteiger partial charge in [-0.05, 0) is 36.2 Å². The number of carbonyl (C=O) groups is 1. The van der Waals surface area contributed by atoms with Crippen LogP contribution in [-0.4, -0.2) is 36.4 Å². The second-order valence-corrected chi connectivity index (χ2v) is 8.76. The minimum Gasteiger partial charge on any atom is -0.494 e. The Morgan fingerprint density at radius 2 is 1.76 bits per heavy atom. The minimum atomic E-state index is -5.07. The predicted octanol–water partition coefficient (Wildman–Crippen LogP) is 4.07. The summed E-state index contributed by atoms with van der Waals surface area (Å²) in [7, 11) is -2.89. The van der Waals surface area contributed by atoms with Gasteiger partial charge in [0.25, 0.3) is 0 Å². The molecule has 0 aliphatic rings. The van der Waals surface area contributed by atoms with E-state index >= 15 is 0 Å². The molecule has 3 N–H and O–H groups in total. The number of ether oxygens (including phenoxy) is 1. The summed E-state index contributed by atoms with van der Waals surface area (Å²) in [5.74, 6) is -2.69. The van der Waals surface area contributed by atoms with E-state index in [-0.39, 0.29) is 33.9 Å². The predicted molar refractivity (Wildman–Crippen MR) is 113 cm³/mol. The number of nitrogens with two attached hydrogens (primary N) is 1. The van der Waals surface area contributed by atoms with Gasteiger partial charge in [-0.3, -0.25) is 0 Å². The SMILES string of the molecule is CCC(C(=O)O)n1nc(-c2ccc(S(N)(=O)=O)cc2)c(-c2ccc(OC)c(F)c2)c1C(F)(F)F. The van der Waals surface area contributed by atoms with Crippen molar-refractivity contribution in [3.8, 4) is 28.1 Å². The Kier molecular flexibility index (Phi) is 6.71. The molecule has 8 nitrogen and oxygen atoms in total. The Morgan fingerprint density at radius 1 is 1.18 bits per heavy atom. The van der Waals surface area contributed by atoms with Gasteiger partial charge in [-0.15, -0.1) is 0 Å². The molecule has 3 rings (SSSR count). The molecular formula is C21H19F4N3O5S. The highest BCUT2D eigenvalue weighted by Crippen LogP contribution is 2.44. The van der Waals surface area contributed by atoms with Crippen LogP contribution < -0.4 is 9.88 Å². The Balaban J connectivity index is 2.41. The van der Waals surface area contributed by atoms with Gasteiger partial charge >= 0.3 is 12.1 Å². The zero-order valence-corrected chi connectivity index (χ0v) is 18.6. The van der Waals surface area contributed by atoms with Crippen LogP contribution in [0.25, 0.3) is 22.4 Å². The number of nitrogens with zero attached hydrogens (tertiary/aromatic N) is 2. The van der Waals surface area contributed by atoms with Gasteiger partial charge in [0.1, 0.15) is 11.7 Å². The second-order valence-electron chi connectivity index (χ2n) is 7.20. The number of hydrogen-bond acceptors (Lipinski definition) is 5. The molecule has 3 aromatic rings. The van der Waals surface area contributed by atoms with Crippen molar-refractivity contribution in [2.75, 3.05) is 7.11 Å². The number of alkyl halides is 3. The summed E-state index contributed by atoms with van der Waals surface area (Å²) in [5, 5.41) is 18.5. The summed E-state index contributed by atoms with van der Waals surface area (Å²) in [5.41, 5.74) is -2.49. The van der Waals surface area contributed by atoms with Crippen molar-refractivity contribution >= 4 is 16.0 Å². The van der Waals surface area contributed by atoms with Gasteiger partial charge in [0.15, 0.2) is 17.3 Å². The lowest BCUT2D eigenvalue weighted by molar-refractivity contribution is -0.149. The highest BCUT2D eigenvalue weighted by Gasteiger charge is 2.43. The van der Waals surface area contributed by atoms with Gasteiger partial charge < -0.3 is 9.84 Å².